The molecule has 6 aliphatic rings. The van der Waals surface area contributed by atoms with Gasteiger partial charge in [0.2, 0.25) is 0 Å². The number of carbonyl (C=O) groups is 2. The van der Waals surface area contributed by atoms with Crippen LogP contribution in [0.25, 0.3) is 0 Å². The molecule has 2 N–H and O–H groups in total. The number of halogens is 2. The predicted molar refractivity (Wildman–Crippen MR) is 155 cm³/mol. The number of fused-ring (bicyclic) bond motifs is 2. The van der Waals surface area contributed by atoms with Crippen LogP contribution in [0, 0.1) is 29.6 Å². The predicted octanol–water partition coefficient (Wildman–Crippen LogP) is -2.60. The van der Waals surface area contributed by atoms with Gasteiger partial charge < -0.3 is 0 Å². The molecule has 5 unspecified atom stereocenters. The summed E-state index contributed by atoms with van der Waals surface area (Å²) in [6.45, 7) is 5.03. The fourth-order valence-corrected chi connectivity index (χ4v) is 19.0. The van der Waals surface area contributed by atoms with Crippen LogP contribution in [0.15, 0.2) is 0 Å². The zero-order valence-electron chi connectivity index (χ0n) is 26.2. The Labute approximate surface area is 277 Å². The van der Waals surface area contributed by atoms with Crippen molar-refractivity contribution in [2.75, 3.05) is 49.1 Å². The van der Waals surface area contributed by atoms with Crippen molar-refractivity contribution in [2.45, 2.75) is 87.7 Å². The van der Waals surface area contributed by atoms with Crippen molar-refractivity contribution in [1.82, 2.24) is 8.23 Å². The third-order valence-electron chi connectivity index (χ3n) is 11.9. The van der Waals surface area contributed by atoms with Gasteiger partial charge in [-0.25, -0.2) is 0 Å². The topological polar surface area (TPSA) is 136 Å². The van der Waals surface area contributed by atoms with Crippen LogP contribution >= 0.6 is 22.6 Å². The van der Waals surface area contributed by atoms with Crippen molar-refractivity contribution < 1.29 is 69.7 Å². The number of nitrogens with zero attached hydrogens (tertiary/aromatic N) is 2. The third kappa shape index (κ3) is 3.60. The van der Waals surface area contributed by atoms with E-state index in [1.165, 1.54) is 21.0 Å². The number of aliphatic hydroxyl groups is 2. The van der Waals surface area contributed by atoms with Gasteiger partial charge in [-0.15, -0.1) is 0 Å². The van der Waals surface area contributed by atoms with Crippen molar-refractivity contribution in [1.29, 1.82) is 0 Å². The Morgan fingerprint density at radius 1 is 0.977 bits per heavy atom. The summed E-state index contributed by atoms with van der Waals surface area (Å²) in [7, 11) is 10.6. The molecule has 2 bridgehead atoms. The van der Waals surface area contributed by atoms with Crippen molar-refractivity contribution in [3.05, 3.63) is 0 Å². The zero-order chi connectivity index (χ0) is 31.7. The van der Waals surface area contributed by atoms with Gasteiger partial charge in [-0.05, 0) is 0 Å². The normalized spacial score (nSPS) is 54.7. The van der Waals surface area contributed by atoms with E-state index in [2.05, 4.69) is 30.8 Å². The standard InChI is InChI=1S/C29H45I2N2O10/c1-13-19-16-11-26(13,36)23(41-9)24(43-15(3)35)27(19,37)22-20(40-8)21-25(30,12-38-6)17(42-14(2)34)10-18(39-7)28(21)29(16,22)33(31-28)32(4)5/h13,16-24,36-37H,10-12H2,1-9H3/q-1/t13?,16?,17-,18+,19+,20-,21-,22?,23+,24+,25-,26-,27?,28?,29-/m1/s1. The van der Waals surface area contributed by atoms with Gasteiger partial charge in [-0.2, -0.15) is 0 Å². The third-order valence-corrected chi connectivity index (χ3v) is 18.8. The summed E-state index contributed by atoms with van der Waals surface area (Å²) in [5.74, 6) is -2.65. The van der Waals surface area contributed by atoms with Gasteiger partial charge in [-0.3, -0.25) is 0 Å². The first-order chi connectivity index (χ1) is 20.1. The first kappa shape index (κ1) is 33.0. The summed E-state index contributed by atoms with van der Waals surface area (Å²) in [4.78, 5) is 25.1. The second kappa shape index (κ2) is 10.5. The number of hydrogen-bond donors (Lipinski definition) is 2. The first-order valence-corrected chi connectivity index (χ1v) is 18.0. The summed E-state index contributed by atoms with van der Waals surface area (Å²) >= 11 is 1.64. The van der Waals surface area contributed by atoms with Crippen molar-refractivity contribution in [2.24, 2.45) is 29.6 Å². The van der Waals surface area contributed by atoms with E-state index in [1.54, 1.807) is 21.3 Å². The molecule has 15 atom stereocenters. The number of esters is 2. The number of methoxy groups -OCH3 is 4. The SMILES string of the molecule is COC[C@@]1(I)[C@H](OC(C)=O)C[C@H](OC)C23[I-]N(N(C)C)[C@@]24C2C[C@@]5(O)C(C)[C@@H]2C(O)(C4[C@H](OC)[C@@H]31)[C@@H](OC(C)=O)[C@@H]5OC. The molecular formula is C29H45I2N2O10-. The maximum absolute atomic E-state index is 13.5. The number of rotatable bonds is 8. The average Bonchev–Trinajstić information content (AvgIpc) is 3.37. The minimum atomic E-state index is -1.59. The van der Waals surface area contributed by atoms with Crippen LogP contribution < -0.4 is 21.5 Å². The number of ether oxygens (including phenoxy) is 6. The summed E-state index contributed by atoms with van der Waals surface area (Å²) in [5, 5.41) is 28.0. The van der Waals surface area contributed by atoms with Crippen LogP contribution in [0.3, 0.4) is 0 Å². The Hall–Kier alpha value is 0.0800. The molecule has 14 heteroatoms. The Balaban J connectivity index is 1.67. The molecule has 1 aliphatic heterocycles. The maximum atomic E-state index is 13.5. The molecule has 6 rings (SSSR count). The van der Waals surface area contributed by atoms with E-state index in [4.69, 9.17) is 28.4 Å². The van der Waals surface area contributed by atoms with Crippen molar-refractivity contribution in [3.63, 3.8) is 0 Å². The second-order valence-electron chi connectivity index (χ2n) is 13.5. The number of hydrazine groups is 1. The molecule has 5 aliphatic carbocycles. The number of alkyl halides is 2. The Kier molecular flexibility index (Phi) is 8.09. The molecule has 6 fully saturated rings. The Morgan fingerprint density at radius 2 is 1.63 bits per heavy atom. The van der Waals surface area contributed by atoms with Crippen LogP contribution in [0.2, 0.25) is 0 Å². The van der Waals surface area contributed by atoms with Gasteiger partial charge >= 0.3 is 279 Å². The van der Waals surface area contributed by atoms with E-state index in [9.17, 15) is 19.8 Å². The van der Waals surface area contributed by atoms with Gasteiger partial charge in [0.1, 0.15) is 0 Å². The van der Waals surface area contributed by atoms with Gasteiger partial charge in [0.05, 0.1) is 0 Å². The average molecular weight is 835 g/mol. The Morgan fingerprint density at radius 3 is 2.14 bits per heavy atom. The van der Waals surface area contributed by atoms with Crippen molar-refractivity contribution >= 4 is 34.5 Å². The molecule has 1 saturated heterocycles. The van der Waals surface area contributed by atoms with E-state index in [-0.39, 0.29) is 29.8 Å². The molecule has 0 radical (unpaired) electrons. The zero-order valence-corrected chi connectivity index (χ0v) is 30.5. The second-order valence-corrected chi connectivity index (χ2v) is 18.7. The first-order valence-electron chi connectivity index (χ1n) is 14.8. The Bertz CT molecular complexity index is 1180. The van der Waals surface area contributed by atoms with E-state index < -0.39 is 87.3 Å². The number of carbonyl (C=O) groups excluding carboxylic acids is 2. The quantitative estimate of drug-likeness (QED) is 0.115. The molecular weight excluding hydrogens is 790 g/mol. The fourth-order valence-electron chi connectivity index (χ4n) is 11.2. The van der Waals surface area contributed by atoms with Gasteiger partial charge in [-0.1, -0.05) is 0 Å². The van der Waals surface area contributed by atoms with Crippen LogP contribution in [0.5, 0.6) is 0 Å². The number of hydrogen-bond acceptors (Lipinski definition) is 12. The molecule has 1 heterocycles. The molecule has 0 aromatic heterocycles. The molecule has 246 valence electrons. The van der Waals surface area contributed by atoms with Gasteiger partial charge in [0.15, 0.2) is 0 Å². The fraction of sp³-hybridized carbons (Fsp3) is 0.931. The molecule has 2 spiro atoms. The molecule has 43 heavy (non-hydrogen) atoms. The van der Waals surface area contributed by atoms with Crippen LogP contribution in [0.4, 0.5) is 0 Å². The van der Waals surface area contributed by atoms with Gasteiger partial charge in [0.25, 0.3) is 0 Å². The molecule has 0 aromatic carbocycles. The minimum absolute atomic E-state index is 0.190. The molecule has 12 nitrogen and oxygen atoms in total. The summed E-state index contributed by atoms with van der Waals surface area (Å²) in [6.07, 6.45) is -2.60. The molecule has 5 saturated carbocycles. The van der Waals surface area contributed by atoms with Gasteiger partial charge in [0, 0.05) is 0 Å². The van der Waals surface area contributed by atoms with E-state index in [0.717, 1.165) is 0 Å². The van der Waals surface area contributed by atoms with Crippen molar-refractivity contribution in [3.8, 4) is 0 Å². The summed E-state index contributed by atoms with van der Waals surface area (Å²) in [5.41, 5.74) is -3.62. The summed E-state index contributed by atoms with van der Waals surface area (Å²) < 4.78 is 38.1. The molecule has 0 aromatic rings. The van der Waals surface area contributed by atoms with Crippen LogP contribution in [-0.2, 0) is 38.0 Å². The van der Waals surface area contributed by atoms with Crippen LogP contribution in [0.1, 0.15) is 33.6 Å². The molecule has 0 amide bonds. The van der Waals surface area contributed by atoms with E-state index in [0.29, 0.717) is 19.4 Å². The van der Waals surface area contributed by atoms with E-state index in [1.807, 2.05) is 21.0 Å². The monoisotopic (exact) mass is 835 g/mol. The van der Waals surface area contributed by atoms with Crippen LogP contribution in [-0.4, -0.2) is 134 Å². The van der Waals surface area contributed by atoms with E-state index >= 15 is 0 Å². The summed E-state index contributed by atoms with van der Waals surface area (Å²) in [6, 6.07) is 0.